The van der Waals surface area contributed by atoms with Crippen molar-refractivity contribution < 1.29 is 0 Å². The molecule has 1 aromatic rings. The molecule has 1 aliphatic heterocycles. The zero-order valence-electron chi connectivity index (χ0n) is 13.7. The van der Waals surface area contributed by atoms with Crippen LogP contribution in [0, 0.1) is 0 Å². The summed E-state index contributed by atoms with van der Waals surface area (Å²) in [5.74, 6) is 0. The van der Waals surface area contributed by atoms with Crippen molar-refractivity contribution in [1.82, 2.24) is 10.2 Å². The van der Waals surface area contributed by atoms with Crippen molar-refractivity contribution in [3.05, 3.63) is 34.9 Å². The highest BCUT2D eigenvalue weighted by atomic mass is 35.5. The molecule has 0 spiro atoms. The number of halogens is 1. The zero-order valence-corrected chi connectivity index (χ0v) is 14.4. The first-order chi connectivity index (χ1) is 10.1. The van der Waals surface area contributed by atoms with E-state index >= 15 is 0 Å². The largest absolute Gasteiger partial charge is 0.309 e. The Kier molecular flexibility index (Phi) is 6.09. The zero-order chi connectivity index (χ0) is 15.3. The Morgan fingerprint density at radius 3 is 2.43 bits per heavy atom. The summed E-state index contributed by atoms with van der Waals surface area (Å²) in [5.41, 5.74) is 1.38. The molecule has 2 nitrogen and oxygen atoms in total. The molecule has 1 unspecified atom stereocenters. The Bertz CT molecular complexity index is 437. The first kappa shape index (κ1) is 16.8. The van der Waals surface area contributed by atoms with Gasteiger partial charge in [-0.3, -0.25) is 4.90 Å². The molecule has 1 saturated heterocycles. The van der Waals surface area contributed by atoms with Gasteiger partial charge in [0.1, 0.15) is 0 Å². The molecule has 0 saturated carbocycles. The lowest BCUT2D eigenvalue weighted by Crippen LogP contribution is -2.53. The highest BCUT2D eigenvalue weighted by Crippen LogP contribution is 2.33. The average Bonchev–Trinajstić information content (AvgIpc) is 2.74. The Hall–Kier alpha value is -0.570. The molecular formula is C18H29ClN2. The number of rotatable bonds is 5. The van der Waals surface area contributed by atoms with E-state index in [-0.39, 0.29) is 5.54 Å². The van der Waals surface area contributed by atoms with Gasteiger partial charge in [-0.1, -0.05) is 43.5 Å². The molecule has 1 aliphatic rings. The van der Waals surface area contributed by atoms with Gasteiger partial charge >= 0.3 is 0 Å². The number of benzene rings is 1. The highest BCUT2D eigenvalue weighted by Gasteiger charge is 2.36. The Labute approximate surface area is 134 Å². The molecule has 0 aliphatic carbocycles. The van der Waals surface area contributed by atoms with Gasteiger partial charge in [-0.25, -0.2) is 0 Å². The van der Waals surface area contributed by atoms with Gasteiger partial charge in [0.25, 0.3) is 0 Å². The fourth-order valence-electron chi connectivity index (χ4n) is 3.50. The molecule has 0 amide bonds. The van der Waals surface area contributed by atoms with E-state index in [9.17, 15) is 0 Å². The van der Waals surface area contributed by atoms with Crippen molar-refractivity contribution in [1.29, 1.82) is 0 Å². The molecule has 0 bridgehead atoms. The third-order valence-corrected chi connectivity index (χ3v) is 4.95. The number of nitrogens with one attached hydrogen (secondary N) is 1. The molecule has 1 atom stereocenters. The van der Waals surface area contributed by atoms with E-state index in [1.54, 1.807) is 0 Å². The summed E-state index contributed by atoms with van der Waals surface area (Å²) in [6.07, 6.45) is 5.38. The number of likely N-dealkylation sites (N-methyl/N-ethyl adjacent to an activating group) is 1. The lowest BCUT2D eigenvalue weighted by Gasteiger charge is -2.44. The second-order valence-corrected chi connectivity index (χ2v) is 7.04. The van der Waals surface area contributed by atoms with E-state index in [1.165, 1.54) is 44.3 Å². The first-order valence-electron chi connectivity index (χ1n) is 8.29. The molecule has 21 heavy (non-hydrogen) atoms. The molecule has 1 fully saturated rings. The van der Waals surface area contributed by atoms with Gasteiger partial charge in [-0.15, -0.1) is 0 Å². The second kappa shape index (κ2) is 7.62. The van der Waals surface area contributed by atoms with Crippen molar-refractivity contribution in [3.8, 4) is 0 Å². The molecule has 0 radical (unpaired) electrons. The average molecular weight is 309 g/mol. The highest BCUT2D eigenvalue weighted by molar-refractivity contribution is 6.30. The number of nitrogens with zero attached hydrogens (tertiary/aromatic N) is 1. The van der Waals surface area contributed by atoms with Crippen LogP contribution in [0.1, 0.15) is 58.1 Å². The minimum absolute atomic E-state index is 0.0883. The van der Waals surface area contributed by atoms with Crippen molar-refractivity contribution >= 4 is 11.6 Å². The fraction of sp³-hybridized carbons (Fsp3) is 0.667. The number of likely N-dealkylation sites (tertiary alicyclic amines) is 1. The van der Waals surface area contributed by atoms with Crippen molar-refractivity contribution in [2.45, 2.75) is 58.0 Å². The van der Waals surface area contributed by atoms with Crippen LogP contribution in [0.5, 0.6) is 0 Å². The minimum Gasteiger partial charge on any atom is -0.309 e. The van der Waals surface area contributed by atoms with E-state index < -0.39 is 0 Å². The predicted octanol–water partition coefficient (Wildman–Crippen LogP) is 4.65. The normalized spacial score (nSPS) is 19.2. The van der Waals surface area contributed by atoms with Crippen LogP contribution >= 0.6 is 11.6 Å². The molecule has 1 N–H and O–H groups in total. The van der Waals surface area contributed by atoms with Gasteiger partial charge in [0, 0.05) is 10.6 Å². The van der Waals surface area contributed by atoms with Gasteiger partial charge < -0.3 is 5.32 Å². The van der Waals surface area contributed by atoms with E-state index in [2.05, 4.69) is 49.2 Å². The molecule has 1 aromatic carbocycles. The van der Waals surface area contributed by atoms with Gasteiger partial charge in [-0.2, -0.15) is 0 Å². The lowest BCUT2D eigenvalue weighted by molar-refractivity contribution is 0.0840. The molecular weight excluding hydrogens is 280 g/mol. The summed E-state index contributed by atoms with van der Waals surface area (Å²) >= 11 is 6.21. The Morgan fingerprint density at radius 1 is 1.19 bits per heavy atom. The predicted molar refractivity (Wildman–Crippen MR) is 92.0 cm³/mol. The quantitative estimate of drug-likeness (QED) is 0.852. The van der Waals surface area contributed by atoms with Gasteiger partial charge in [0.05, 0.1) is 6.04 Å². The van der Waals surface area contributed by atoms with Gasteiger partial charge in [-0.05, 0) is 64.0 Å². The lowest BCUT2D eigenvalue weighted by atomic mass is 9.86. The first-order valence-corrected chi connectivity index (χ1v) is 8.67. The van der Waals surface area contributed by atoms with E-state index in [0.29, 0.717) is 6.04 Å². The van der Waals surface area contributed by atoms with Crippen molar-refractivity contribution in [3.63, 3.8) is 0 Å². The summed E-state index contributed by atoms with van der Waals surface area (Å²) in [6, 6.07) is 8.61. The van der Waals surface area contributed by atoms with Crippen molar-refractivity contribution in [2.24, 2.45) is 0 Å². The standard InChI is InChI=1S/C18H29ClN2/c1-4-20-17(15-10-9-11-16(19)14-15)18(2,3)21-12-7-5-6-8-13-21/h9-11,14,17,20H,4-8,12-13H2,1-3H3. The summed E-state index contributed by atoms with van der Waals surface area (Å²) in [5, 5.41) is 4.51. The van der Waals surface area contributed by atoms with E-state index in [4.69, 9.17) is 11.6 Å². The maximum absolute atomic E-state index is 6.21. The molecule has 118 valence electrons. The summed E-state index contributed by atoms with van der Waals surface area (Å²) < 4.78 is 0. The van der Waals surface area contributed by atoms with Crippen LogP contribution in [-0.2, 0) is 0 Å². The van der Waals surface area contributed by atoms with Crippen LogP contribution in [0.4, 0.5) is 0 Å². The molecule has 2 rings (SSSR count). The monoisotopic (exact) mass is 308 g/mol. The third kappa shape index (κ3) is 4.21. The van der Waals surface area contributed by atoms with Crippen molar-refractivity contribution in [2.75, 3.05) is 19.6 Å². The topological polar surface area (TPSA) is 15.3 Å². The smallest absolute Gasteiger partial charge is 0.0502 e. The third-order valence-electron chi connectivity index (χ3n) is 4.72. The van der Waals surface area contributed by atoms with Crippen LogP contribution in [-0.4, -0.2) is 30.1 Å². The minimum atomic E-state index is 0.0883. The van der Waals surface area contributed by atoms with Crippen LogP contribution < -0.4 is 5.32 Å². The molecule has 0 aromatic heterocycles. The number of hydrogen-bond acceptors (Lipinski definition) is 2. The maximum atomic E-state index is 6.21. The van der Waals surface area contributed by atoms with Crippen LogP contribution in [0.2, 0.25) is 5.02 Å². The fourth-order valence-corrected chi connectivity index (χ4v) is 3.69. The van der Waals surface area contributed by atoms with E-state index in [1.807, 2.05) is 6.07 Å². The van der Waals surface area contributed by atoms with Gasteiger partial charge in [0.2, 0.25) is 0 Å². The number of hydrogen-bond donors (Lipinski definition) is 1. The SMILES string of the molecule is CCNC(c1cccc(Cl)c1)C(C)(C)N1CCCCCC1. The van der Waals surface area contributed by atoms with Crippen LogP contribution in [0.25, 0.3) is 0 Å². The summed E-state index contributed by atoms with van der Waals surface area (Å²) in [6.45, 7) is 10.3. The Balaban J connectivity index is 2.26. The van der Waals surface area contributed by atoms with E-state index in [0.717, 1.165) is 11.6 Å². The second-order valence-electron chi connectivity index (χ2n) is 6.60. The Morgan fingerprint density at radius 2 is 1.86 bits per heavy atom. The molecule has 3 heteroatoms. The van der Waals surface area contributed by atoms with Gasteiger partial charge in [0.15, 0.2) is 0 Å². The molecule has 1 heterocycles. The van der Waals surface area contributed by atoms with Crippen LogP contribution in [0.15, 0.2) is 24.3 Å². The van der Waals surface area contributed by atoms with Crippen LogP contribution in [0.3, 0.4) is 0 Å². The summed E-state index contributed by atoms with van der Waals surface area (Å²) in [7, 11) is 0. The summed E-state index contributed by atoms with van der Waals surface area (Å²) in [4.78, 5) is 2.66. The maximum Gasteiger partial charge on any atom is 0.0502 e.